The van der Waals surface area contributed by atoms with Crippen LogP contribution in [0.5, 0.6) is 0 Å². The molecule has 1 aliphatic carbocycles. The summed E-state index contributed by atoms with van der Waals surface area (Å²) in [6, 6.07) is 0.579. The number of hydrogen-bond acceptors (Lipinski definition) is 3. The molecule has 2 rings (SSSR count). The lowest BCUT2D eigenvalue weighted by Gasteiger charge is -2.40. The summed E-state index contributed by atoms with van der Waals surface area (Å²) in [5.74, 6) is 0. The third-order valence-electron chi connectivity index (χ3n) is 4.10. The molecule has 4 heteroatoms. The molecule has 0 aromatic rings. The molecule has 1 heterocycles. The van der Waals surface area contributed by atoms with Gasteiger partial charge in [-0.2, -0.15) is 0 Å². The fraction of sp³-hybridized carbons (Fsp3) is 0.923. The van der Waals surface area contributed by atoms with Crippen molar-refractivity contribution < 1.29 is 4.74 Å². The van der Waals surface area contributed by atoms with Crippen LogP contribution in [0.3, 0.4) is 0 Å². The van der Waals surface area contributed by atoms with Crippen LogP contribution in [0.4, 0.5) is 0 Å². The monoisotopic (exact) mass is 256 g/mol. The third kappa shape index (κ3) is 3.39. The lowest BCUT2D eigenvalue weighted by atomic mass is 9.99. The Balaban J connectivity index is 1.93. The van der Waals surface area contributed by atoms with Crippen molar-refractivity contribution in [2.75, 3.05) is 19.7 Å². The first-order valence-electron chi connectivity index (χ1n) is 6.68. The lowest BCUT2D eigenvalue weighted by Crippen LogP contribution is -2.50. The van der Waals surface area contributed by atoms with Crippen molar-refractivity contribution in [3.63, 3.8) is 0 Å². The largest absolute Gasteiger partial charge is 0.393 e. The minimum absolute atomic E-state index is 0.360. The fourth-order valence-electron chi connectivity index (χ4n) is 2.85. The zero-order valence-corrected chi connectivity index (χ0v) is 11.8. The first-order valence-corrected chi connectivity index (χ1v) is 7.09. The molecule has 2 atom stereocenters. The molecule has 98 valence electrons. The Hall–Kier alpha value is -0.190. The van der Waals surface area contributed by atoms with Gasteiger partial charge >= 0.3 is 0 Å². The predicted octanol–water partition coefficient (Wildman–Crippen LogP) is 1.94. The Morgan fingerprint density at radius 3 is 2.76 bits per heavy atom. The number of hydrogen-bond donors (Lipinski definition) is 1. The molecular weight excluding hydrogens is 232 g/mol. The Morgan fingerprint density at radius 2 is 2.24 bits per heavy atom. The highest BCUT2D eigenvalue weighted by molar-refractivity contribution is 7.80. The van der Waals surface area contributed by atoms with Crippen molar-refractivity contribution in [2.24, 2.45) is 11.1 Å². The van der Waals surface area contributed by atoms with Gasteiger partial charge in [-0.25, -0.2) is 0 Å². The summed E-state index contributed by atoms with van der Waals surface area (Å²) in [5, 5.41) is 0. The quantitative estimate of drug-likeness (QED) is 0.763. The summed E-state index contributed by atoms with van der Waals surface area (Å²) in [4.78, 5) is 3.27. The zero-order valence-electron chi connectivity index (χ0n) is 10.9. The van der Waals surface area contributed by atoms with Crippen molar-refractivity contribution in [3.8, 4) is 0 Å². The SMILES string of the molecule is CCC1COC(C)CN1CC1(CC(N)=S)CC1. The van der Waals surface area contributed by atoms with E-state index in [0.717, 1.165) is 32.5 Å². The number of morpholine rings is 1. The second kappa shape index (κ2) is 5.21. The second-order valence-corrected chi connectivity index (χ2v) is 6.30. The van der Waals surface area contributed by atoms with Crippen LogP contribution in [-0.4, -0.2) is 41.7 Å². The average molecular weight is 256 g/mol. The van der Waals surface area contributed by atoms with Crippen LogP contribution >= 0.6 is 12.2 Å². The summed E-state index contributed by atoms with van der Waals surface area (Å²) in [5.41, 5.74) is 6.11. The van der Waals surface area contributed by atoms with E-state index >= 15 is 0 Å². The average Bonchev–Trinajstić information content (AvgIpc) is 2.97. The highest BCUT2D eigenvalue weighted by Gasteiger charge is 2.45. The summed E-state index contributed by atoms with van der Waals surface area (Å²) < 4.78 is 5.74. The summed E-state index contributed by atoms with van der Waals surface area (Å²) in [7, 11) is 0. The van der Waals surface area contributed by atoms with Gasteiger partial charge in [0.15, 0.2) is 0 Å². The molecule has 17 heavy (non-hydrogen) atoms. The van der Waals surface area contributed by atoms with Crippen molar-refractivity contribution in [2.45, 2.75) is 51.7 Å². The molecule has 2 fully saturated rings. The van der Waals surface area contributed by atoms with Crippen LogP contribution in [0.25, 0.3) is 0 Å². The molecule has 0 spiro atoms. The molecular formula is C13H24N2OS. The van der Waals surface area contributed by atoms with Gasteiger partial charge < -0.3 is 10.5 Å². The van der Waals surface area contributed by atoms with Crippen LogP contribution in [-0.2, 0) is 4.74 Å². The lowest BCUT2D eigenvalue weighted by molar-refractivity contribution is -0.0618. The smallest absolute Gasteiger partial charge is 0.0733 e. The molecule has 0 bridgehead atoms. The van der Waals surface area contributed by atoms with Gasteiger partial charge in [0.1, 0.15) is 0 Å². The standard InChI is InChI=1S/C13H24N2OS/c1-3-11-8-16-10(2)7-15(11)9-13(4-5-13)6-12(14)17/h10-11H,3-9H2,1-2H3,(H2,14,17). The van der Waals surface area contributed by atoms with E-state index < -0.39 is 0 Å². The van der Waals surface area contributed by atoms with Gasteiger partial charge in [0.25, 0.3) is 0 Å². The van der Waals surface area contributed by atoms with Crippen LogP contribution in [0.2, 0.25) is 0 Å². The minimum Gasteiger partial charge on any atom is -0.393 e. The highest BCUT2D eigenvalue weighted by Crippen LogP contribution is 2.49. The summed E-state index contributed by atoms with van der Waals surface area (Å²) >= 11 is 5.07. The van der Waals surface area contributed by atoms with E-state index in [2.05, 4.69) is 18.7 Å². The second-order valence-electron chi connectivity index (χ2n) is 5.78. The maximum atomic E-state index is 5.74. The molecule has 0 aromatic heterocycles. The number of nitrogens with zero attached hydrogens (tertiary/aromatic N) is 1. The van der Waals surface area contributed by atoms with E-state index in [9.17, 15) is 0 Å². The fourth-order valence-corrected chi connectivity index (χ4v) is 3.16. The molecule has 0 radical (unpaired) electrons. The normalized spacial score (nSPS) is 32.4. The molecule has 2 unspecified atom stereocenters. The van der Waals surface area contributed by atoms with Gasteiger partial charge in [0, 0.05) is 25.6 Å². The van der Waals surface area contributed by atoms with Crippen molar-refractivity contribution >= 4 is 17.2 Å². The molecule has 1 saturated heterocycles. The molecule has 0 amide bonds. The summed E-state index contributed by atoms with van der Waals surface area (Å²) in [6.07, 6.45) is 5.01. The van der Waals surface area contributed by atoms with Crippen LogP contribution in [0.1, 0.15) is 39.5 Å². The van der Waals surface area contributed by atoms with Crippen molar-refractivity contribution in [1.29, 1.82) is 0 Å². The van der Waals surface area contributed by atoms with E-state index in [0.29, 0.717) is 22.5 Å². The van der Waals surface area contributed by atoms with E-state index in [4.69, 9.17) is 22.7 Å². The van der Waals surface area contributed by atoms with Gasteiger partial charge in [-0.3, -0.25) is 4.90 Å². The topological polar surface area (TPSA) is 38.5 Å². The maximum absolute atomic E-state index is 5.74. The van der Waals surface area contributed by atoms with Gasteiger partial charge in [0.05, 0.1) is 17.7 Å². The maximum Gasteiger partial charge on any atom is 0.0733 e. The van der Waals surface area contributed by atoms with Crippen molar-refractivity contribution in [1.82, 2.24) is 4.90 Å². The van der Waals surface area contributed by atoms with E-state index in [1.54, 1.807) is 0 Å². The number of nitrogens with two attached hydrogens (primary N) is 1. The van der Waals surface area contributed by atoms with Crippen LogP contribution in [0, 0.1) is 5.41 Å². The highest BCUT2D eigenvalue weighted by atomic mass is 32.1. The van der Waals surface area contributed by atoms with Crippen LogP contribution < -0.4 is 5.73 Å². The van der Waals surface area contributed by atoms with Crippen molar-refractivity contribution in [3.05, 3.63) is 0 Å². The Labute approximate surface area is 110 Å². The Kier molecular flexibility index (Phi) is 4.06. The summed E-state index contributed by atoms with van der Waals surface area (Å²) in [6.45, 7) is 7.48. The molecule has 2 aliphatic rings. The molecule has 0 aromatic carbocycles. The number of ether oxygens (including phenoxy) is 1. The van der Waals surface area contributed by atoms with E-state index in [1.165, 1.54) is 12.8 Å². The molecule has 2 N–H and O–H groups in total. The Bertz CT molecular complexity index is 291. The zero-order chi connectivity index (χ0) is 12.5. The van der Waals surface area contributed by atoms with E-state index in [1.807, 2.05) is 0 Å². The first kappa shape index (κ1) is 13.2. The first-order chi connectivity index (χ1) is 8.04. The van der Waals surface area contributed by atoms with Crippen LogP contribution in [0.15, 0.2) is 0 Å². The number of rotatable bonds is 5. The third-order valence-corrected chi connectivity index (χ3v) is 4.24. The van der Waals surface area contributed by atoms with Gasteiger partial charge in [-0.1, -0.05) is 19.1 Å². The number of thiocarbonyl (C=S) groups is 1. The van der Waals surface area contributed by atoms with Gasteiger partial charge in [0.2, 0.25) is 0 Å². The minimum atomic E-state index is 0.360. The van der Waals surface area contributed by atoms with Gasteiger partial charge in [-0.05, 0) is 31.6 Å². The molecule has 1 saturated carbocycles. The molecule has 3 nitrogen and oxygen atoms in total. The Morgan fingerprint density at radius 1 is 1.53 bits per heavy atom. The van der Waals surface area contributed by atoms with Gasteiger partial charge in [-0.15, -0.1) is 0 Å². The molecule has 1 aliphatic heterocycles. The predicted molar refractivity (Wildman–Crippen MR) is 74.1 cm³/mol. The van der Waals surface area contributed by atoms with E-state index in [-0.39, 0.29) is 0 Å².